The monoisotopic (exact) mass is 280 g/mol. The fraction of sp³-hybridized carbons (Fsp3) is 0.182. The van der Waals surface area contributed by atoms with Gasteiger partial charge in [-0.3, -0.25) is 19.7 Å². The van der Waals surface area contributed by atoms with Crippen molar-refractivity contribution in [3.63, 3.8) is 0 Å². The van der Waals surface area contributed by atoms with Crippen molar-refractivity contribution in [2.45, 2.75) is 6.92 Å². The van der Waals surface area contributed by atoms with E-state index in [1.54, 1.807) is 6.92 Å². The van der Waals surface area contributed by atoms with Crippen LogP contribution < -0.4 is 10.7 Å². The Morgan fingerprint density at radius 1 is 1.45 bits per heavy atom. The molecule has 0 radical (unpaired) electrons. The predicted molar refractivity (Wildman–Crippen MR) is 69.2 cm³/mol. The number of phenolic OH excluding ortho intramolecular Hbond substituents is 1. The van der Waals surface area contributed by atoms with E-state index >= 15 is 0 Å². The summed E-state index contributed by atoms with van der Waals surface area (Å²) in [6.45, 7) is 1.94. The summed E-state index contributed by atoms with van der Waals surface area (Å²) in [5, 5.41) is 25.7. The molecule has 106 valence electrons. The second-order valence-corrected chi connectivity index (χ2v) is 3.56. The van der Waals surface area contributed by atoms with E-state index in [1.165, 1.54) is 0 Å². The Balaban J connectivity index is 2.75. The zero-order valence-electron chi connectivity index (χ0n) is 10.5. The lowest BCUT2D eigenvalue weighted by Gasteiger charge is -2.00. The van der Waals surface area contributed by atoms with Crippen molar-refractivity contribution in [1.29, 1.82) is 0 Å². The van der Waals surface area contributed by atoms with Crippen molar-refractivity contribution in [1.82, 2.24) is 10.7 Å². The summed E-state index contributed by atoms with van der Waals surface area (Å²) in [4.78, 5) is 32.2. The molecule has 0 saturated heterocycles. The number of hydrazone groups is 1. The van der Waals surface area contributed by atoms with E-state index in [0.29, 0.717) is 6.54 Å². The third-order valence-corrected chi connectivity index (χ3v) is 2.14. The number of carbonyl (C=O) groups is 2. The SMILES string of the molecule is CCNC(=O)C(=O)NN=Cc1cc([N+](=O)[O-])ccc1O. The molecule has 1 aromatic carbocycles. The van der Waals surface area contributed by atoms with Gasteiger partial charge < -0.3 is 10.4 Å². The molecule has 1 aromatic rings. The van der Waals surface area contributed by atoms with Gasteiger partial charge in [-0.1, -0.05) is 0 Å². The zero-order valence-corrected chi connectivity index (χ0v) is 10.5. The van der Waals surface area contributed by atoms with Gasteiger partial charge >= 0.3 is 11.8 Å². The van der Waals surface area contributed by atoms with Gasteiger partial charge in [0.25, 0.3) is 5.69 Å². The van der Waals surface area contributed by atoms with Crippen molar-refractivity contribution in [2.24, 2.45) is 5.10 Å². The maximum atomic E-state index is 11.2. The van der Waals surface area contributed by atoms with Crippen LogP contribution in [-0.4, -0.2) is 34.6 Å². The van der Waals surface area contributed by atoms with Gasteiger partial charge in [-0.25, -0.2) is 5.43 Å². The molecular weight excluding hydrogens is 268 g/mol. The molecule has 0 unspecified atom stereocenters. The minimum Gasteiger partial charge on any atom is -0.507 e. The van der Waals surface area contributed by atoms with Crippen molar-refractivity contribution >= 4 is 23.7 Å². The summed E-state index contributed by atoms with van der Waals surface area (Å²) in [5.74, 6) is -2.08. The van der Waals surface area contributed by atoms with Gasteiger partial charge in [-0.05, 0) is 13.0 Å². The fourth-order valence-corrected chi connectivity index (χ4v) is 1.21. The number of hydrogen-bond acceptors (Lipinski definition) is 6. The van der Waals surface area contributed by atoms with Gasteiger partial charge in [0.2, 0.25) is 0 Å². The van der Waals surface area contributed by atoms with Crippen LogP contribution in [0.15, 0.2) is 23.3 Å². The van der Waals surface area contributed by atoms with Gasteiger partial charge in [-0.2, -0.15) is 5.10 Å². The number of likely N-dealkylation sites (N-methyl/N-ethyl adjacent to an activating group) is 1. The van der Waals surface area contributed by atoms with Crippen molar-refractivity contribution < 1.29 is 19.6 Å². The number of rotatable bonds is 4. The standard InChI is InChI=1S/C11H12N4O5/c1-2-12-10(17)11(18)14-13-6-7-5-8(15(19)20)3-4-9(7)16/h3-6,16H,2H2,1H3,(H,12,17)(H,14,18). The largest absolute Gasteiger partial charge is 0.507 e. The maximum Gasteiger partial charge on any atom is 0.329 e. The first-order chi connectivity index (χ1) is 9.45. The van der Waals surface area contributed by atoms with E-state index < -0.39 is 16.7 Å². The van der Waals surface area contributed by atoms with E-state index in [2.05, 4.69) is 10.4 Å². The smallest absolute Gasteiger partial charge is 0.329 e. The van der Waals surface area contributed by atoms with Crippen LogP contribution in [0.25, 0.3) is 0 Å². The van der Waals surface area contributed by atoms with Crippen LogP contribution in [0.5, 0.6) is 5.75 Å². The molecule has 0 saturated carbocycles. The molecule has 0 fully saturated rings. The van der Waals surface area contributed by atoms with E-state index in [-0.39, 0.29) is 17.0 Å². The summed E-state index contributed by atoms with van der Waals surface area (Å²) < 4.78 is 0. The average Bonchev–Trinajstić information content (AvgIpc) is 2.40. The van der Waals surface area contributed by atoms with E-state index in [0.717, 1.165) is 24.4 Å². The Morgan fingerprint density at radius 3 is 2.75 bits per heavy atom. The molecule has 0 spiro atoms. The van der Waals surface area contributed by atoms with E-state index in [1.807, 2.05) is 5.43 Å². The number of nitrogens with one attached hydrogen (secondary N) is 2. The van der Waals surface area contributed by atoms with E-state index in [9.17, 15) is 24.8 Å². The van der Waals surface area contributed by atoms with Crippen LogP contribution in [0, 0.1) is 10.1 Å². The molecule has 0 bridgehead atoms. The summed E-state index contributed by atoms with van der Waals surface area (Å²) in [7, 11) is 0. The summed E-state index contributed by atoms with van der Waals surface area (Å²) in [6.07, 6.45) is 0.999. The fourth-order valence-electron chi connectivity index (χ4n) is 1.21. The zero-order chi connectivity index (χ0) is 15.1. The lowest BCUT2D eigenvalue weighted by molar-refractivity contribution is -0.384. The number of aromatic hydroxyl groups is 1. The van der Waals surface area contributed by atoms with Crippen LogP contribution >= 0.6 is 0 Å². The highest BCUT2D eigenvalue weighted by Gasteiger charge is 2.11. The first-order valence-electron chi connectivity index (χ1n) is 5.54. The molecule has 1 rings (SSSR count). The molecule has 0 heterocycles. The first kappa shape index (κ1) is 15.1. The highest BCUT2D eigenvalue weighted by atomic mass is 16.6. The minimum atomic E-state index is -0.979. The molecule has 9 nitrogen and oxygen atoms in total. The summed E-state index contributed by atoms with van der Waals surface area (Å²) in [5.41, 5.74) is 1.73. The topological polar surface area (TPSA) is 134 Å². The third kappa shape index (κ3) is 4.05. The lowest BCUT2D eigenvalue weighted by Crippen LogP contribution is -2.37. The molecular formula is C11H12N4O5. The lowest BCUT2D eigenvalue weighted by atomic mass is 10.2. The highest BCUT2D eigenvalue weighted by molar-refractivity contribution is 6.35. The highest BCUT2D eigenvalue weighted by Crippen LogP contribution is 2.20. The maximum absolute atomic E-state index is 11.2. The Bertz CT molecular complexity index is 570. The molecule has 0 aliphatic rings. The van der Waals surface area contributed by atoms with Crippen LogP contribution in [0.1, 0.15) is 12.5 Å². The molecule has 20 heavy (non-hydrogen) atoms. The normalized spacial score (nSPS) is 10.2. The molecule has 3 N–H and O–H groups in total. The van der Waals surface area contributed by atoms with Crippen LogP contribution in [0.2, 0.25) is 0 Å². The summed E-state index contributed by atoms with van der Waals surface area (Å²) in [6, 6.07) is 3.34. The van der Waals surface area contributed by atoms with Crippen LogP contribution in [0.3, 0.4) is 0 Å². The van der Waals surface area contributed by atoms with Crippen molar-refractivity contribution in [3.05, 3.63) is 33.9 Å². The van der Waals surface area contributed by atoms with Gasteiger partial charge in [0.1, 0.15) is 5.75 Å². The number of phenols is 1. The molecule has 0 aromatic heterocycles. The summed E-state index contributed by atoms with van der Waals surface area (Å²) >= 11 is 0. The molecule has 9 heteroatoms. The second-order valence-electron chi connectivity index (χ2n) is 3.56. The number of amides is 2. The first-order valence-corrected chi connectivity index (χ1v) is 5.54. The Labute approximate surface area is 113 Å². The third-order valence-electron chi connectivity index (χ3n) is 2.14. The number of nitro groups is 1. The van der Waals surface area contributed by atoms with Gasteiger partial charge in [0, 0.05) is 24.2 Å². The molecule has 0 aliphatic heterocycles. The van der Waals surface area contributed by atoms with Crippen molar-refractivity contribution in [2.75, 3.05) is 6.54 Å². The number of nitrogens with zero attached hydrogens (tertiary/aromatic N) is 2. The van der Waals surface area contributed by atoms with Gasteiger partial charge in [0.05, 0.1) is 11.1 Å². The minimum absolute atomic E-state index is 0.0374. The second kappa shape index (κ2) is 6.83. The van der Waals surface area contributed by atoms with E-state index in [4.69, 9.17) is 0 Å². The Hall–Kier alpha value is -2.97. The Morgan fingerprint density at radius 2 is 2.15 bits per heavy atom. The van der Waals surface area contributed by atoms with Gasteiger partial charge in [-0.15, -0.1) is 0 Å². The van der Waals surface area contributed by atoms with Crippen LogP contribution in [0.4, 0.5) is 5.69 Å². The molecule has 2 amide bonds. The number of nitro benzene ring substituents is 1. The van der Waals surface area contributed by atoms with Crippen LogP contribution in [-0.2, 0) is 9.59 Å². The number of benzene rings is 1. The quantitative estimate of drug-likeness (QED) is 0.306. The number of hydrogen-bond donors (Lipinski definition) is 3. The number of non-ortho nitro benzene ring substituents is 1. The number of carbonyl (C=O) groups excluding carboxylic acids is 2. The predicted octanol–water partition coefficient (Wildman–Crippen LogP) is -0.113. The molecule has 0 aliphatic carbocycles. The van der Waals surface area contributed by atoms with Crippen molar-refractivity contribution in [3.8, 4) is 5.75 Å². The molecule has 0 atom stereocenters. The average molecular weight is 280 g/mol. The Kier molecular flexibility index (Phi) is 5.15. The van der Waals surface area contributed by atoms with Gasteiger partial charge in [0.15, 0.2) is 0 Å².